The minimum Gasteiger partial charge on any atom is -0.480 e. The molecule has 0 saturated heterocycles. The summed E-state index contributed by atoms with van der Waals surface area (Å²) in [6.07, 6.45) is 7.10. The number of nitrogens with one attached hydrogen (secondary N) is 6. The van der Waals surface area contributed by atoms with Gasteiger partial charge in [0.05, 0.1) is 0 Å². The van der Waals surface area contributed by atoms with E-state index in [1.54, 1.807) is 18.3 Å². The zero-order chi connectivity index (χ0) is 39.5. The van der Waals surface area contributed by atoms with Crippen LogP contribution in [0.2, 0.25) is 0 Å². The van der Waals surface area contributed by atoms with Crippen LogP contribution in [-0.2, 0) is 36.9 Å². The molecule has 0 radical (unpaired) electrons. The van der Waals surface area contributed by atoms with Gasteiger partial charge in [-0.1, -0.05) is 44.2 Å². The van der Waals surface area contributed by atoms with Crippen molar-refractivity contribution in [1.82, 2.24) is 31.6 Å². The van der Waals surface area contributed by atoms with E-state index in [1.807, 2.05) is 42.7 Å². The lowest BCUT2D eigenvalue weighted by atomic mass is 10.0. The van der Waals surface area contributed by atoms with Crippen LogP contribution in [0.15, 0.2) is 54.7 Å². The highest BCUT2D eigenvalue weighted by molar-refractivity contribution is 7.98. The van der Waals surface area contributed by atoms with Crippen molar-refractivity contribution >= 4 is 58.0 Å². The Bertz CT molecular complexity index is 1690. The number of ketones is 1. The topological polar surface area (TPSA) is 199 Å². The van der Waals surface area contributed by atoms with Gasteiger partial charge < -0.3 is 41.5 Å². The van der Waals surface area contributed by atoms with E-state index in [-0.39, 0.29) is 24.5 Å². The molecule has 4 amide bonds. The first-order valence-corrected chi connectivity index (χ1v) is 20.0. The van der Waals surface area contributed by atoms with Gasteiger partial charge in [-0.15, -0.1) is 0 Å². The molecule has 0 saturated carbocycles. The molecule has 7 N–H and O–H groups in total. The molecule has 13 nitrogen and oxygen atoms in total. The Hall–Kier alpha value is -4.69. The monoisotopic (exact) mass is 764 g/mol. The predicted molar refractivity (Wildman–Crippen MR) is 212 cm³/mol. The molecule has 3 atom stereocenters. The fraction of sp³-hybridized carbons (Fsp3) is 0.500. The highest BCUT2D eigenvalue weighted by atomic mass is 32.2. The number of carbonyl (C=O) groups is 6. The van der Waals surface area contributed by atoms with E-state index in [9.17, 15) is 33.9 Å². The van der Waals surface area contributed by atoms with Crippen LogP contribution in [0.3, 0.4) is 0 Å². The van der Waals surface area contributed by atoms with E-state index in [4.69, 9.17) is 0 Å². The third-order valence-corrected chi connectivity index (χ3v) is 9.58. The Balaban J connectivity index is 1.69. The second-order valence-corrected chi connectivity index (χ2v) is 14.8. The Labute approximate surface area is 322 Å². The number of H-pyrrole nitrogens is 1. The van der Waals surface area contributed by atoms with Gasteiger partial charge in [-0.05, 0) is 86.8 Å². The number of fused-ring (bicyclic) bond motifs is 1. The molecule has 294 valence electrons. The van der Waals surface area contributed by atoms with Crippen molar-refractivity contribution in [3.8, 4) is 0 Å². The number of aromatic nitrogens is 1. The van der Waals surface area contributed by atoms with E-state index >= 15 is 0 Å². The largest absolute Gasteiger partial charge is 0.480 e. The van der Waals surface area contributed by atoms with Crippen LogP contribution in [0.1, 0.15) is 93.6 Å². The molecular formula is C40H56N6O7S. The SMILES string of the molecule is CSCC[C@H](NC(=O)c1ccc(CNC(C)C)cc1)C(=O)N[C@@H](Cc1c[nH]c2ccccc12)C(=O)N[C@@H](CCCCNC(=O)CCCCC(C)=O)C(=O)O. The standard InChI is InChI=1S/C40H56N6O7S/c1-26(2)42-24-28-16-18-29(19-17-28)37(49)44-33(20-22-54-4)38(50)46-35(23-30-25-43-32-13-7-6-12-31(30)32)39(51)45-34(40(52)53)14-9-10-21-41-36(48)15-8-5-11-27(3)47/h6-7,12-13,16-19,25-26,33-35,42-43H,5,8-11,14-15,20-24H2,1-4H3,(H,41,48)(H,44,49)(H,45,51)(H,46,50)(H,52,53)/t33-,34-,35-/m0/s1. The number of aromatic amines is 1. The van der Waals surface area contributed by atoms with E-state index in [2.05, 4.69) is 45.4 Å². The van der Waals surface area contributed by atoms with Crippen molar-refractivity contribution in [3.05, 3.63) is 71.4 Å². The molecular weight excluding hydrogens is 709 g/mol. The summed E-state index contributed by atoms with van der Waals surface area (Å²) in [5.41, 5.74) is 3.02. The van der Waals surface area contributed by atoms with Crippen LogP contribution < -0.4 is 26.6 Å². The smallest absolute Gasteiger partial charge is 0.326 e. The first kappa shape index (κ1) is 43.7. The Kier molecular flexibility index (Phi) is 18.8. The zero-order valence-corrected chi connectivity index (χ0v) is 32.6. The fourth-order valence-electron chi connectivity index (χ4n) is 5.82. The molecule has 0 aliphatic heterocycles. The van der Waals surface area contributed by atoms with Gasteiger partial charge in [0, 0.05) is 61.1 Å². The van der Waals surface area contributed by atoms with E-state index < -0.39 is 41.8 Å². The fourth-order valence-corrected chi connectivity index (χ4v) is 6.29. The third-order valence-electron chi connectivity index (χ3n) is 8.93. The molecule has 54 heavy (non-hydrogen) atoms. The molecule has 2 aromatic carbocycles. The van der Waals surface area contributed by atoms with Crippen LogP contribution in [-0.4, -0.2) is 88.2 Å². The second-order valence-electron chi connectivity index (χ2n) is 13.8. The maximum Gasteiger partial charge on any atom is 0.326 e. The Morgan fingerprint density at radius 1 is 0.796 bits per heavy atom. The summed E-state index contributed by atoms with van der Waals surface area (Å²) in [6, 6.07) is 11.7. The van der Waals surface area contributed by atoms with Gasteiger partial charge in [-0.3, -0.25) is 19.2 Å². The maximum atomic E-state index is 13.9. The Morgan fingerprint density at radius 2 is 1.48 bits per heavy atom. The average Bonchev–Trinajstić information content (AvgIpc) is 3.55. The van der Waals surface area contributed by atoms with E-state index in [0.29, 0.717) is 75.4 Å². The van der Waals surface area contributed by atoms with Crippen LogP contribution in [0.25, 0.3) is 10.9 Å². The molecule has 1 heterocycles. The number of carboxylic acids is 1. The first-order chi connectivity index (χ1) is 25.9. The second kappa shape index (κ2) is 23.2. The number of hydrogen-bond donors (Lipinski definition) is 7. The molecule has 3 aromatic rings. The van der Waals surface area contributed by atoms with Crippen molar-refractivity contribution in [2.45, 2.75) is 109 Å². The van der Waals surface area contributed by atoms with E-state index in [0.717, 1.165) is 22.0 Å². The summed E-state index contributed by atoms with van der Waals surface area (Å²) in [5, 5.41) is 25.3. The lowest BCUT2D eigenvalue weighted by molar-refractivity contribution is -0.142. The molecule has 0 bridgehead atoms. The first-order valence-electron chi connectivity index (χ1n) is 18.6. The summed E-state index contributed by atoms with van der Waals surface area (Å²) in [6.45, 7) is 6.64. The normalized spacial score (nSPS) is 12.8. The van der Waals surface area contributed by atoms with Crippen molar-refractivity contribution in [3.63, 3.8) is 0 Å². The number of para-hydroxylation sites is 1. The summed E-state index contributed by atoms with van der Waals surface area (Å²) >= 11 is 1.52. The summed E-state index contributed by atoms with van der Waals surface area (Å²) in [7, 11) is 0. The van der Waals surface area contributed by atoms with Gasteiger partial charge in [0.25, 0.3) is 5.91 Å². The number of benzene rings is 2. The van der Waals surface area contributed by atoms with Crippen LogP contribution in [0.4, 0.5) is 0 Å². The molecule has 3 rings (SSSR count). The maximum absolute atomic E-state index is 13.9. The summed E-state index contributed by atoms with van der Waals surface area (Å²) in [4.78, 5) is 79.6. The van der Waals surface area contributed by atoms with Gasteiger partial charge in [-0.25, -0.2) is 4.79 Å². The minimum atomic E-state index is -1.23. The van der Waals surface area contributed by atoms with Crippen molar-refractivity contribution in [2.75, 3.05) is 18.6 Å². The van der Waals surface area contributed by atoms with Crippen molar-refractivity contribution in [1.29, 1.82) is 0 Å². The molecule has 0 fully saturated rings. The average molecular weight is 765 g/mol. The van der Waals surface area contributed by atoms with Crippen molar-refractivity contribution < 1.29 is 33.9 Å². The van der Waals surface area contributed by atoms with Gasteiger partial charge in [0.2, 0.25) is 17.7 Å². The van der Waals surface area contributed by atoms with Gasteiger partial charge in [-0.2, -0.15) is 11.8 Å². The quantitative estimate of drug-likeness (QED) is 0.0617. The highest BCUT2D eigenvalue weighted by Crippen LogP contribution is 2.20. The number of Topliss-reactive ketones (excluding diaryl/α,β-unsaturated/α-hetero) is 1. The summed E-state index contributed by atoms with van der Waals surface area (Å²) < 4.78 is 0. The molecule has 0 aliphatic carbocycles. The number of unbranched alkanes of at least 4 members (excludes halogenated alkanes) is 2. The molecule has 14 heteroatoms. The van der Waals surface area contributed by atoms with E-state index in [1.165, 1.54) is 18.7 Å². The lowest BCUT2D eigenvalue weighted by Gasteiger charge is -2.24. The molecule has 0 aliphatic rings. The number of aliphatic carboxylic acids is 1. The zero-order valence-electron chi connectivity index (χ0n) is 31.8. The number of hydrogen-bond acceptors (Lipinski definition) is 8. The van der Waals surface area contributed by atoms with Crippen LogP contribution in [0.5, 0.6) is 0 Å². The van der Waals surface area contributed by atoms with Crippen LogP contribution in [0, 0.1) is 0 Å². The Morgan fingerprint density at radius 3 is 2.17 bits per heavy atom. The number of carboxylic acid groups (broad SMARTS) is 1. The predicted octanol–water partition coefficient (Wildman–Crippen LogP) is 4.25. The molecule has 0 spiro atoms. The number of carbonyl (C=O) groups excluding carboxylic acids is 5. The van der Waals surface area contributed by atoms with Crippen LogP contribution >= 0.6 is 11.8 Å². The third kappa shape index (κ3) is 15.3. The molecule has 0 unspecified atom stereocenters. The van der Waals surface area contributed by atoms with Gasteiger partial charge in [0.1, 0.15) is 23.9 Å². The summed E-state index contributed by atoms with van der Waals surface area (Å²) in [5.74, 6) is -2.33. The van der Waals surface area contributed by atoms with Gasteiger partial charge in [0.15, 0.2) is 0 Å². The number of rotatable bonds is 25. The number of amides is 4. The van der Waals surface area contributed by atoms with Gasteiger partial charge >= 0.3 is 5.97 Å². The molecule has 1 aromatic heterocycles. The minimum absolute atomic E-state index is 0.0709. The highest BCUT2D eigenvalue weighted by Gasteiger charge is 2.30. The number of thioether (sulfide) groups is 1. The van der Waals surface area contributed by atoms with Crippen molar-refractivity contribution in [2.24, 2.45) is 0 Å². The lowest BCUT2D eigenvalue weighted by Crippen LogP contribution is -2.56.